The Kier molecular flexibility index (Phi) is 4.20. The van der Waals surface area contributed by atoms with E-state index in [0.29, 0.717) is 24.2 Å². The summed E-state index contributed by atoms with van der Waals surface area (Å²) in [6.45, 7) is 2.04. The van der Waals surface area contributed by atoms with Crippen LogP contribution in [0.2, 0.25) is 0 Å². The first-order valence-corrected chi connectivity index (χ1v) is 8.17. The summed E-state index contributed by atoms with van der Waals surface area (Å²) >= 11 is 0. The van der Waals surface area contributed by atoms with Crippen LogP contribution in [-0.4, -0.2) is 34.3 Å². The van der Waals surface area contributed by atoms with Crippen molar-refractivity contribution in [2.24, 2.45) is 0 Å². The zero-order valence-corrected chi connectivity index (χ0v) is 13.3. The fraction of sp³-hybridized carbons (Fsp3) is 0.278. The lowest BCUT2D eigenvalue weighted by molar-refractivity contribution is 0.424. The Hall–Kier alpha value is -2.73. The minimum absolute atomic E-state index is 0.448. The van der Waals surface area contributed by atoms with Crippen molar-refractivity contribution in [2.75, 3.05) is 18.4 Å². The molecule has 3 aromatic rings. The van der Waals surface area contributed by atoms with E-state index < -0.39 is 0 Å². The normalized spacial score (nSPS) is 17.1. The molecule has 0 saturated carbocycles. The smallest absolute Gasteiger partial charge is 0.259 e. The Morgan fingerprint density at radius 2 is 2.08 bits per heavy atom. The molecule has 2 aromatic heterocycles. The van der Waals surface area contributed by atoms with Crippen LogP contribution in [0.3, 0.4) is 0 Å². The molecular weight excluding hydrogens is 302 g/mol. The molecule has 3 heterocycles. The number of nitrogens with zero attached hydrogens (tertiary/aromatic N) is 3. The Labute approximate surface area is 140 Å². The Morgan fingerprint density at radius 1 is 1.17 bits per heavy atom. The lowest BCUT2D eigenvalue weighted by atomic mass is 10.1. The van der Waals surface area contributed by atoms with E-state index in [-0.39, 0.29) is 0 Å². The molecule has 0 unspecified atom stereocenters. The second-order valence-corrected chi connectivity index (χ2v) is 5.94. The molecule has 1 aliphatic heterocycles. The van der Waals surface area contributed by atoms with Crippen molar-refractivity contribution in [3.63, 3.8) is 0 Å². The Morgan fingerprint density at radius 3 is 2.83 bits per heavy atom. The van der Waals surface area contributed by atoms with Gasteiger partial charge in [-0.05, 0) is 30.7 Å². The molecule has 24 heavy (non-hydrogen) atoms. The number of nitrogens with one attached hydrogen (secondary N) is 2. The fourth-order valence-corrected chi connectivity index (χ4v) is 2.81. The van der Waals surface area contributed by atoms with Gasteiger partial charge in [0.2, 0.25) is 0 Å². The molecule has 0 bridgehead atoms. The number of hydrogen-bond donors (Lipinski definition) is 2. The summed E-state index contributed by atoms with van der Waals surface area (Å²) in [4.78, 5) is 8.91. The first kappa shape index (κ1) is 14.8. The lowest BCUT2D eigenvalue weighted by Gasteiger charge is -2.11. The van der Waals surface area contributed by atoms with Gasteiger partial charge in [-0.2, -0.15) is 4.98 Å². The quantitative estimate of drug-likeness (QED) is 0.752. The van der Waals surface area contributed by atoms with Gasteiger partial charge >= 0.3 is 0 Å². The molecule has 0 aliphatic carbocycles. The molecule has 0 spiro atoms. The van der Waals surface area contributed by atoms with Crippen LogP contribution in [0.1, 0.15) is 17.8 Å². The predicted octanol–water partition coefficient (Wildman–Crippen LogP) is 2.50. The summed E-state index contributed by atoms with van der Waals surface area (Å²) in [6, 6.07) is 14.5. The van der Waals surface area contributed by atoms with Crippen molar-refractivity contribution in [3.05, 3.63) is 60.0 Å². The predicted molar refractivity (Wildman–Crippen MR) is 91.7 cm³/mol. The van der Waals surface area contributed by atoms with Crippen LogP contribution < -0.4 is 10.6 Å². The number of pyridine rings is 1. The van der Waals surface area contributed by atoms with Gasteiger partial charge in [0.05, 0.1) is 5.56 Å². The minimum atomic E-state index is 0.448. The monoisotopic (exact) mass is 321 g/mol. The van der Waals surface area contributed by atoms with Crippen molar-refractivity contribution in [1.29, 1.82) is 0 Å². The zero-order chi connectivity index (χ0) is 16.2. The van der Waals surface area contributed by atoms with Crippen molar-refractivity contribution in [3.8, 4) is 11.5 Å². The molecule has 0 radical (unpaired) electrons. The second-order valence-electron chi connectivity index (χ2n) is 5.94. The summed E-state index contributed by atoms with van der Waals surface area (Å²) in [6.07, 6.45) is 3.55. The van der Waals surface area contributed by atoms with E-state index in [9.17, 15) is 0 Å². The number of aromatic nitrogens is 3. The van der Waals surface area contributed by atoms with Crippen LogP contribution in [-0.2, 0) is 6.42 Å². The van der Waals surface area contributed by atoms with E-state index in [1.165, 1.54) is 0 Å². The topological polar surface area (TPSA) is 75.9 Å². The van der Waals surface area contributed by atoms with Gasteiger partial charge < -0.3 is 15.2 Å². The maximum Gasteiger partial charge on any atom is 0.259 e. The number of hydrogen-bond acceptors (Lipinski definition) is 6. The highest BCUT2D eigenvalue weighted by Crippen LogP contribution is 2.19. The van der Waals surface area contributed by atoms with Crippen molar-refractivity contribution >= 4 is 5.82 Å². The molecule has 1 saturated heterocycles. The summed E-state index contributed by atoms with van der Waals surface area (Å²) in [5.74, 6) is 2.05. The highest BCUT2D eigenvalue weighted by Gasteiger charge is 2.15. The molecule has 6 heteroatoms. The van der Waals surface area contributed by atoms with Gasteiger partial charge in [0.1, 0.15) is 5.82 Å². The molecule has 122 valence electrons. The summed E-state index contributed by atoms with van der Waals surface area (Å²) in [5.41, 5.74) is 1.99. The Balaban J connectivity index is 1.44. The maximum absolute atomic E-state index is 5.36. The fourth-order valence-electron chi connectivity index (χ4n) is 2.81. The van der Waals surface area contributed by atoms with Gasteiger partial charge in [0.15, 0.2) is 5.82 Å². The third kappa shape index (κ3) is 3.44. The summed E-state index contributed by atoms with van der Waals surface area (Å²) < 4.78 is 5.36. The first-order chi connectivity index (χ1) is 11.9. The van der Waals surface area contributed by atoms with Gasteiger partial charge in [0, 0.05) is 25.2 Å². The standard InChI is InChI=1S/C18H19N5O/c1-2-4-13(5-3-1)10-17-22-18(24-23-17)14-6-7-16(20-11-14)21-15-8-9-19-12-15/h1-7,11,15,19H,8-10,12H2,(H,20,21)/t15-/m1/s1. The zero-order valence-electron chi connectivity index (χ0n) is 13.3. The van der Waals surface area contributed by atoms with Crippen LogP contribution >= 0.6 is 0 Å². The van der Waals surface area contributed by atoms with Crippen LogP contribution in [0.4, 0.5) is 5.82 Å². The maximum atomic E-state index is 5.36. The number of anilines is 1. The molecule has 2 N–H and O–H groups in total. The molecule has 4 rings (SSSR count). The minimum Gasteiger partial charge on any atom is -0.366 e. The highest BCUT2D eigenvalue weighted by molar-refractivity contribution is 5.54. The van der Waals surface area contributed by atoms with Crippen LogP contribution in [0.25, 0.3) is 11.5 Å². The van der Waals surface area contributed by atoms with Crippen LogP contribution in [0.5, 0.6) is 0 Å². The summed E-state index contributed by atoms with van der Waals surface area (Å²) in [7, 11) is 0. The molecule has 1 aromatic carbocycles. The first-order valence-electron chi connectivity index (χ1n) is 8.17. The van der Waals surface area contributed by atoms with Crippen molar-refractivity contribution in [2.45, 2.75) is 18.9 Å². The Bertz CT molecular complexity index is 779. The molecule has 6 nitrogen and oxygen atoms in total. The van der Waals surface area contributed by atoms with E-state index in [2.05, 4.69) is 37.9 Å². The van der Waals surface area contributed by atoms with E-state index >= 15 is 0 Å². The van der Waals surface area contributed by atoms with Gasteiger partial charge in [0.25, 0.3) is 5.89 Å². The average Bonchev–Trinajstić information content (AvgIpc) is 3.29. The molecule has 1 fully saturated rings. The van der Waals surface area contributed by atoms with Crippen LogP contribution in [0.15, 0.2) is 53.2 Å². The lowest BCUT2D eigenvalue weighted by Crippen LogP contribution is -2.22. The summed E-state index contributed by atoms with van der Waals surface area (Å²) in [5, 5.41) is 10.8. The van der Waals surface area contributed by atoms with Crippen LogP contribution in [0, 0.1) is 0 Å². The number of rotatable bonds is 5. The highest BCUT2D eigenvalue weighted by atomic mass is 16.5. The SMILES string of the molecule is c1ccc(Cc2noc(-c3ccc(N[C@@H]4CCNC4)nc3)n2)cc1. The van der Waals surface area contributed by atoms with Crippen molar-refractivity contribution < 1.29 is 4.52 Å². The van der Waals surface area contributed by atoms with Gasteiger partial charge in [-0.25, -0.2) is 4.98 Å². The molecule has 0 amide bonds. The van der Waals surface area contributed by atoms with E-state index in [0.717, 1.165) is 36.5 Å². The number of benzene rings is 1. The van der Waals surface area contributed by atoms with E-state index in [4.69, 9.17) is 4.52 Å². The second kappa shape index (κ2) is 6.80. The third-order valence-corrected chi connectivity index (χ3v) is 4.10. The third-order valence-electron chi connectivity index (χ3n) is 4.10. The van der Waals surface area contributed by atoms with Gasteiger partial charge in [-0.15, -0.1) is 0 Å². The largest absolute Gasteiger partial charge is 0.366 e. The average molecular weight is 321 g/mol. The van der Waals surface area contributed by atoms with E-state index in [1.807, 2.05) is 30.3 Å². The molecule has 1 aliphatic rings. The van der Waals surface area contributed by atoms with E-state index in [1.54, 1.807) is 6.20 Å². The van der Waals surface area contributed by atoms with Gasteiger partial charge in [-0.3, -0.25) is 0 Å². The van der Waals surface area contributed by atoms with Gasteiger partial charge in [-0.1, -0.05) is 35.5 Å². The molecule has 1 atom stereocenters. The van der Waals surface area contributed by atoms with Crippen molar-refractivity contribution in [1.82, 2.24) is 20.4 Å². The molecular formula is C18H19N5O.